The standard InChI is InChI=1S/C8H15NO/c1-2-6-10-8-4-3-5-9-7-8/h2,8-9H,1,3-7H2/t8-/m1/s1. The van der Waals surface area contributed by atoms with Crippen LogP contribution in [0.4, 0.5) is 0 Å². The molecule has 1 aliphatic heterocycles. The molecule has 1 heterocycles. The monoisotopic (exact) mass is 141 g/mol. The molecule has 10 heavy (non-hydrogen) atoms. The van der Waals surface area contributed by atoms with Crippen LogP contribution < -0.4 is 5.32 Å². The Hall–Kier alpha value is -0.340. The molecule has 0 aromatic carbocycles. The zero-order chi connectivity index (χ0) is 7.23. The van der Waals surface area contributed by atoms with Crippen LogP contribution in [0.15, 0.2) is 12.7 Å². The Bertz CT molecular complexity index is 97.4. The predicted octanol–water partition coefficient (Wildman–Crippen LogP) is 0.941. The molecule has 0 aromatic rings. The molecule has 1 saturated heterocycles. The van der Waals surface area contributed by atoms with Gasteiger partial charge in [-0.1, -0.05) is 6.08 Å². The van der Waals surface area contributed by atoms with Gasteiger partial charge in [0.05, 0.1) is 12.7 Å². The average Bonchev–Trinajstić information content (AvgIpc) is 2.03. The van der Waals surface area contributed by atoms with Gasteiger partial charge in [-0.15, -0.1) is 6.58 Å². The third kappa shape index (κ3) is 2.50. The molecule has 0 aromatic heterocycles. The van der Waals surface area contributed by atoms with Crippen LogP contribution >= 0.6 is 0 Å². The van der Waals surface area contributed by atoms with Crippen molar-refractivity contribution >= 4 is 0 Å². The minimum Gasteiger partial charge on any atom is -0.373 e. The SMILES string of the molecule is C=CCO[C@@H]1CCCNC1. The van der Waals surface area contributed by atoms with Gasteiger partial charge in [0.15, 0.2) is 0 Å². The molecule has 2 heteroatoms. The summed E-state index contributed by atoms with van der Waals surface area (Å²) in [7, 11) is 0. The lowest BCUT2D eigenvalue weighted by Crippen LogP contribution is -2.35. The Balaban J connectivity index is 2.07. The van der Waals surface area contributed by atoms with E-state index >= 15 is 0 Å². The molecule has 1 atom stereocenters. The molecular formula is C8H15NO. The van der Waals surface area contributed by atoms with Crippen molar-refractivity contribution in [1.29, 1.82) is 0 Å². The summed E-state index contributed by atoms with van der Waals surface area (Å²) in [5.74, 6) is 0. The fraction of sp³-hybridized carbons (Fsp3) is 0.750. The zero-order valence-electron chi connectivity index (χ0n) is 6.31. The van der Waals surface area contributed by atoms with E-state index in [0.29, 0.717) is 12.7 Å². The third-order valence-corrected chi connectivity index (χ3v) is 1.70. The highest BCUT2D eigenvalue weighted by Gasteiger charge is 2.11. The van der Waals surface area contributed by atoms with Crippen LogP contribution in [0.5, 0.6) is 0 Å². The normalized spacial score (nSPS) is 26.2. The molecule has 1 fully saturated rings. The maximum Gasteiger partial charge on any atom is 0.0704 e. The quantitative estimate of drug-likeness (QED) is 0.591. The van der Waals surface area contributed by atoms with Crippen molar-refractivity contribution in [3.8, 4) is 0 Å². The molecule has 1 N–H and O–H groups in total. The summed E-state index contributed by atoms with van der Waals surface area (Å²) >= 11 is 0. The number of hydrogen-bond acceptors (Lipinski definition) is 2. The van der Waals surface area contributed by atoms with Crippen LogP contribution in [-0.4, -0.2) is 25.8 Å². The summed E-state index contributed by atoms with van der Waals surface area (Å²) in [5, 5.41) is 3.28. The molecule has 58 valence electrons. The Kier molecular flexibility index (Phi) is 3.47. The Morgan fingerprint density at radius 1 is 1.70 bits per heavy atom. The molecule has 0 aliphatic carbocycles. The topological polar surface area (TPSA) is 21.3 Å². The van der Waals surface area contributed by atoms with E-state index in [1.807, 2.05) is 0 Å². The van der Waals surface area contributed by atoms with E-state index in [0.717, 1.165) is 13.1 Å². The van der Waals surface area contributed by atoms with Crippen molar-refractivity contribution in [1.82, 2.24) is 5.32 Å². The lowest BCUT2D eigenvalue weighted by Gasteiger charge is -2.22. The van der Waals surface area contributed by atoms with E-state index in [4.69, 9.17) is 4.74 Å². The van der Waals surface area contributed by atoms with E-state index in [1.54, 1.807) is 6.08 Å². The zero-order valence-corrected chi connectivity index (χ0v) is 6.31. The first-order valence-corrected chi connectivity index (χ1v) is 3.86. The van der Waals surface area contributed by atoms with E-state index in [9.17, 15) is 0 Å². The van der Waals surface area contributed by atoms with Crippen LogP contribution in [0.3, 0.4) is 0 Å². The van der Waals surface area contributed by atoms with Gasteiger partial charge in [0, 0.05) is 6.54 Å². The smallest absolute Gasteiger partial charge is 0.0704 e. The second-order valence-corrected chi connectivity index (χ2v) is 2.59. The second-order valence-electron chi connectivity index (χ2n) is 2.59. The van der Waals surface area contributed by atoms with Crippen molar-refractivity contribution in [2.75, 3.05) is 19.7 Å². The van der Waals surface area contributed by atoms with Gasteiger partial charge in [0.1, 0.15) is 0 Å². The highest BCUT2D eigenvalue weighted by molar-refractivity contribution is 4.71. The first kappa shape index (κ1) is 7.76. The summed E-state index contributed by atoms with van der Waals surface area (Å²) in [6.07, 6.45) is 4.66. The Morgan fingerprint density at radius 3 is 3.20 bits per heavy atom. The number of hydrogen-bond donors (Lipinski definition) is 1. The second kappa shape index (κ2) is 4.47. The van der Waals surface area contributed by atoms with Gasteiger partial charge < -0.3 is 10.1 Å². The highest BCUT2D eigenvalue weighted by Crippen LogP contribution is 2.04. The first-order chi connectivity index (χ1) is 4.93. The predicted molar refractivity (Wildman–Crippen MR) is 42.0 cm³/mol. The molecule has 0 amide bonds. The molecular weight excluding hydrogens is 126 g/mol. The van der Waals surface area contributed by atoms with Crippen LogP contribution in [0, 0.1) is 0 Å². The summed E-state index contributed by atoms with van der Waals surface area (Å²) in [5.41, 5.74) is 0. The highest BCUT2D eigenvalue weighted by atomic mass is 16.5. The number of piperidine rings is 1. The van der Waals surface area contributed by atoms with Gasteiger partial charge in [-0.3, -0.25) is 0 Å². The van der Waals surface area contributed by atoms with E-state index in [2.05, 4.69) is 11.9 Å². The average molecular weight is 141 g/mol. The minimum atomic E-state index is 0.423. The number of nitrogens with one attached hydrogen (secondary N) is 1. The van der Waals surface area contributed by atoms with Gasteiger partial charge in [-0.25, -0.2) is 0 Å². The lowest BCUT2D eigenvalue weighted by molar-refractivity contribution is 0.0559. The van der Waals surface area contributed by atoms with E-state index in [-0.39, 0.29) is 0 Å². The molecule has 0 unspecified atom stereocenters. The maximum absolute atomic E-state index is 5.45. The fourth-order valence-corrected chi connectivity index (χ4v) is 1.17. The van der Waals surface area contributed by atoms with E-state index < -0.39 is 0 Å². The minimum absolute atomic E-state index is 0.423. The van der Waals surface area contributed by atoms with Gasteiger partial charge in [0.25, 0.3) is 0 Å². The molecule has 0 spiro atoms. The maximum atomic E-state index is 5.45. The summed E-state index contributed by atoms with van der Waals surface area (Å²) < 4.78 is 5.45. The van der Waals surface area contributed by atoms with Crippen LogP contribution in [-0.2, 0) is 4.74 Å². The Labute approximate surface area is 62.3 Å². The molecule has 2 nitrogen and oxygen atoms in total. The molecule has 0 saturated carbocycles. The summed E-state index contributed by atoms with van der Waals surface area (Å²) in [6.45, 7) is 6.44. The number of ether oxygens (including phenoxy) is 1. The van der Waals surface area contributed by atoms with Gasteiger partial charge in [0.2, 0.25) is 0 Å². The number of rotatable bonds is 3. The molecule has 0 radical (unpaired) electrons. The van der Waals surface area contributed by atoms with Crippen LogP contribution in [0.2, 0.25) is 0 Å². The van der Waals surface area contributed by atoms with Gasteiger partial charge >= 0.3 is 0 Å². The molecule has 1 aliphatic rings. The Morgan fingerprint density at radius 2 is 2.60 bits per heavy atom. The van der Waals surface area contributed by atoms with Crippen LogP contribution in [0.25, 0.3) is 0 Å². The summed E-state index contributed by atoms with van der Waals surface area (Å²) in [6, 6.07) is 0. The van der Waals surface area contributed by atoms with Crippen molar-refractivity contribution < 1.29 is 4.74 Å². The van der Waals surface area contributed by atoms with Gasteiger partial charge in [-0.2, -0.15) is 0 Å². The molecule has 0 bridgehead atoms. The summed E-state index contributed by atoms with van der Waals surface area (Å²) in [4.78, 5) is 0. The van der Waals surface area contributed by atoms with Gasteiger partial charge in [-0.05, 0) is 19.4 Å². The van der Waals surface area contributed by atoms with Crippen molar-refractivity contribution in [2.45, 2.75) is 18.9 Å². The van der Waals surface area contributed by atoms with Crippen LogP contribution in [0.1, 0.15) is 12.8 Å². The third-order valence-electron chi connectivity index (χ3n) is 1.70. The van der Waals surface area contributed by atoms with E-state index in [1.165, 1.54) is 12.8 Å². The fourth-order valence-electron chi connectivity index (χ4n) is 1.17. The lowest BCUT2D eigenvalue weighted by atomic mass is 10.1. The van der Waals surface area contributed by atoms with Crippen molar-refractivity contribution in [2.24, 2.45) is 0 Å². The largest absolute Gasteiger partial charge is 0.373 e. The first-order valence-electron chi connectivity index (χ1n) is 3.86. The van der Waals surface area contributed by atoms with Crippen molar-refractivity contribution in [3.63, 3.8) is 0 Å². The van der Waals surface area contributed by atoms with Crippen molar-refractivity contribution in [3.05, 3.63) is 12.7 Å². The molecule has 1 rings (SSSR count).